The maximum atomic E-state index is 4.68. The molecule has 0 radical (unpaired) electrons. The first kappa shape index (κ1) is 25.6. The van der Waals surface area contributed by atoms with E-state index in [0.717, 1.165) is 0 Å². The van der Waals surface area contributed by atoms with Crippen LogP contribution in [0.15, 0.2) is 150 Å². The Labute approximate surface area is 261 Å². The molecule has 1 aliphatic rings. The van der Waals surface area contributed by atoms with Crippen LogP contribution in [0.2, 0.25) is 0 Å². The van der Waals surface area contributed by atoms with Crippen LogP contribution < -0.4 is 0 Å². The van der Waals surface area contributed by atoms with Gasteiger partial charge in [0.05, 0.1) is 0 Å². The Hall–Kier alpha value is -4.92. The van der Waals surface area contributed by atoms with Crippen LogP contribution in [0.3, 0.4) is 0 Å². The zero-order chi connectivity index (χ0) is 29.4. The molecule has 44 heavy (non-hydrogen) atoms. The highest BCUT2D eigenvalue weighted by molar-refractivity contribution is 7.99. The van der Waals surface area contributed by atoms with E-state index in [2.05, 4.69) is 152 Å². The molecule has 0 N–H and O–H groups in total. The van der Waals surface area contributed by atoms with Gasteiger partial charge in [-0.1, -0.05) is 129 Å². The van der Waals surface area contributed by atoms with Crippen LogP contribution in [-0.4, -0.2) is 4.98 Å². The highest BCUT2D eigenvalue weighted by Crippen LogP contribution is 2.51. The Morgan fingerprint density at radius 2 is 1.16 bits per heavy atom. The Morgan fingerprint density at radius 1 is 0.500 bits per heavy atom. The Bertz CT molecular complexity index is 2400. The van der Waals surface area contributed by atoms with Crippen LogP contribution in [0.25, 0.3) is 65.3 Å². The number of benzene rings is 7. The molecule has 0 saturated carbocycles. The molecule has 0 atom stereocenters. The summed E-state index contributed by atoms with van der Waals surface area (Å²) in [6.45, 7) is 4.70. The van der Waals surface area contributed by atoms with Gasteiger partial charge in [0.2, 0.25) is 0 Å². The van der Waals surface area contributed by atoms with Crippen LogP contribution in [-0.2, 0) is 5.41 Å². The minimum Gasteiger partial charge on any atom is -0.264 e. The second kappa shape index (κ2) is 9.54. The van der Waals surface area contributed by atoms with Gasteiger partial charge in [-0.2, -0.15) is 0 Å². The zero-order valence-electron chi connectivity index (χ0n) is 24.6. The number of hydrogen-bond donors (Lipinski definition) is 0. The number of rotatable bonds is 3. The third kappa shape index (κ3) is 3.64. The van der Waals surface area contributed by atoms with Gasteiger partial charge in [-0.05, 0) is 95.3 Å². The van der Waals surface area contributed by atoms with Crippen molar-refractivity contribution in [2.24, 2.45) is 0 Å². The molecule has 1 aromatic heterocycles. The summed E-state index contributed by atoms with van der Waals surface area (Å²) in [6, 6.07) is 46.9. The van der Waals surface area contributed by atoms with Crippen LogP contribution in [0.4, 0.5) is 0 Å². The smallest absolute Gasteiger partial charge is 0.0353 e. The number of nitrogens with zero attached hydrogens (tertiary/aromatic N) is 1. The van der Waals surface area contributed by atoms with Gasteiger partial charge in [-0.15, -0.1) is 0 Å². The molecule has 1 aliphatic carbocycles. The van der Waals surface area contributed by atoms with Gasteiger partial charge in [0, 0.05) is 33.0 Å². The monoisotopic (exact) mass is 579 g/mol. The van der Waals surface area contributed by atoms with Gasteiger partial charge in [0.15, 0.2) is 0 Å². The van der Waals surface area contributed by atoms with Crippen molar-refractivity contribution in [3.05, 3.63) is 151 Å². The SMILES string of the molecule is CC1(C)c2ccccc2-c2ccc(Sc3c4ccccc4c(-c4cc5ccccc5c5ccccc45)c4cnccc34)cc21. The standard InChI is InChI=1S/C42H29NS/c1-42(2)38-18-10-9-15-31(38)32-20-19-27(24-39(32)42)44-41-34-17-8-7-16-33(34)40(37-25-43-22-21-35(37)41)36-23-26-11-3-4-12-28(26)29-13-5-6-14-30(29)36/h3-25H,1-2H3. The number of pyridine rings is 1. The first-order valence-corrected chi connectivity index (χ1v) is 16.0. The lowest BCUT2D eigenvalue weighted by molar-refractivity contribution is 0.658. The molecule has 208 valence electrons. The van der Waals surface area contributed by atoms with E-state index in [-0.39, 0.29) is 5.41 Å². The predicted octanol–water partition coefficient (Wildman–Crippen LogP) is 11.8. The van der Waals surface area contributed by atoms with E-state index in [1.54, 1.807) is 0 Å². The van der Waals surface area contributed by atoms with Crippen molar-refractivity contribution in [2.45, 2.75) is 29.1 Å². The van der Waals surface area contributed by atoms with E-state index >= 15 is 0 Å². The number of fused-ring (bicyclic) bond motifs is 8. The third-order valence-electron chi connectivity index (χ3n) is 9.59. The summed E-state index contributed by atoms with van der Waals surface area (Å²) in [5.41, 5.74) is 8.00. The second-order valence-electron chi connectivity index (χ2n) is 12.3. The highest BCUT2D eigenvalue weighted by atomic mass is 32.2. The van der Waals surface area contributed by atoms with Gasteiger partial charge in [-0.3, -0.25) is 4.98 Å². The minimum absolute atomic E-state index is 0.0302. The van der Waals surface area contributed by atoms with Crippen LogP contribution in [0, 0.1) is 0 Å². The van der Waals surface area contributed by atoms with E-state index in [1.165, 1.54) is 86.3 Å². The molecule has 8 aromatic rings. The Balaban J connectivity index is 1.30. The zero-order valence-corrected chi connectivity index (χ0v) is 25.5. The molecule has 0 saturated heterocycles. The number of aromatic nitrogens is 1. The van der Waals surface area contributed by atoms with Crippen molar-refractivity contribution in [1.29, 1.82) is 0 Å². The Kier molecular flexibility index (Phi) is 5.54. The van der Waals surface area contributed by atoms with Gasteiger partial charge in [-0.25, -0.2) is 0 Å². The molecule has 2 heteroatoms. The summed E-state index contributed by atoms with van der Waals surface area (Å²) in [7, 11) is 0. The highest BCUT2D eigenvalue weighted by Gasteiger charge is 2.35. The van der Waals surface area contributed by atoms with E-state index in [0.29, 0.717) is 0 Å². The lowest BCUT2D eigenvalue weighted by Crippen LogP contribution is -2.14. The van der Waals surface area contributed by atoms with Gasteiger partial charge < -0.3 is 0 Å². The first-order valence-electron chi connectivity index (χ1n) is 15.2. The summed E-state index contributed by atoms with van der Waals surface area (Å²) >= 11 is 1.87. The molecule has 0 fully saturated rings. The lowest BCUT2D eigenvalue weighted by atomic mass is 9.82. The summed E-state index contributed by atoms with van der Waals surface area (Å²) < 4.78 is 0. The molecule has 1 nitrogen and oxygen atoms in total. The predicted molar refractivity (Wildman–Crippen MR) is 188 cm³/mol. The van der Waals surface area contributed by atoms with Gasteiger partial charge in [0.25, 0.3) is 0 Å². The van der Waals surface area contributed by atoms with E-state index in [4.69, 9.17) is 0 Å². The van der Waals surface area contributed by atoms with Crippen molar-refractivity contribution < 1.29 is 0 Å². The van der Waals surface area contributed by atoms with E-state index in [9.17, 15) is 0 Å². The summed E-state index contributed by atoms with van der Waals surface area (Å²) in [5.74, 6) is 0. The maximum absolute atomic E-state index is 4.68. The molecular weight excluding hydrogens is 551 g/mol. The molecule has 0 spiro atoms. The van der Waals surface area contributed by atoms with Gasteiger partial charge in [0.1, 0.15) is 0 Å². The van der Waals surface area contributed by atoms with Crippen LogP contribution >= 0.6 is 11.8 Å². The average molecular weight is 580 g/mol. The summed E-state index contributed by atoms with van der Waals surface area (Å²) in [6.07, 6.45) is 4.00. The maximum Gasteiger partial charge on any atom is 0.0353 e. The van der Waals surface area contributed by atoms with Gasteiger partial charge >= 0.3 is 0 Å². The summed E-state index contributed by atoms with van der Waals surface area (Å²) in [5, 5.41) is 10.0. The minimum atomic E-state index is -0.0302. The Morgan fingerprint density at radius 3 is 2.02 bits per heavy atom. The molecule has 7 aromatic carbocycles. The third-order valence-corrected chi connectivity index (χ3v) is 10.7. The topological polar surface area (TPSA) is 12.9 Å². The molecule has 0 bridgehead atoms. The van der Waals surface area contributed by atoms with Crippen molar-refractivity contribution in [2.75, 3.05) is 0 Å². The normalized spacial score (nSPS) is 13.5. The fourth-order valence-electron chi connectivity index (χ4n) is 7.51. The molecule has 0 unspecified atom stereocenters. The quantitative estimate of drug-likeness (QED) is 0.152. The fraction of sp³-hybridized carbons (Fsp3) is 0.0714. The largest absolute Gasteiger partial charge is 0.264 e. The summed E-state index contributed by atoms with van der Waals surface area (Å²) in [4.78, 5) is 7.22. The van der Waals surface area contributed by atoms with Crippen molar-refractivity contribution in [1.82, 2.24) is 4.98 Å². The molecule has 9 rings (SSSR count). The first-order chi connectivity index (χ1) is 21.6. The molecule has 0 aliphatic heterocycles. The van der Waals surface area contributed by atoms with Crippen molar-refractivity contribution >= 4 is 54.9 Å². The molecular formula is C42H29NS. The van der Waals surface area contributed by atoms with E-state index < -0.39 is 0 Å². The average Bonchev–Trinajstić information content (AvgIpc) is 3.30. The van der Waals surface area contributed by atoms with Crippen molar-refractivity contribution in [3.63, 3.8) is 0 Å². The molecule has 0 amide bonds. The van der Waals surface area contributed by atoms with Crippen molar-refractivity contribution in [3.8, 4) is 22.3 Å². The van der Waals surface area contributed by atoms with Crippen LogP contribution in [0.5, 0.6) is 0 Å². The van der Waals surface area contributed by atoms with Crippen LogP contribution in [0.1, 0.15) is 25.0 Å². The number of hydrogen-bond acceptors (Lipinski definition) is 2. The fourth-order valence-corrected chi connectivity index (χ4v) is 8.63. The van der Waals surface area contributed by atoms with E-state index in [1.807, 2.05) is 18.0 Å². The lowest BCUT2D eigenvalue weighted by Gasteiger charge is -2.22. The molecule has 1 heterocycles. The second-order valence-corrected chi connectivity index (χ2v) is 13.4.